The topological polar surface area (TPSA) is 49.8 Å². The second kappa shape index (κ2) is 5.74. The van der Waals surface area contributed by atoms with Gasteiger partial charge in [-0.15, -0.1) is 0 Å². The van der Waals surface area contributed by atoms with Crippen LogP contribution in [0.5, 0.6) is 0 Å². The SMILES string of the molecule is CC(C)(C)OC(=O)N1CCC(=C(Cl)CO)CC1. The summed E-state index contributed by atoms with van der Waals surface area (Å²) in [5.74, 6) is 0. The number of hydrogen-bond donors (Lipinski definition) is 1. The van der Waals surface area contributed by atoms with Crippen LogP contribution in [0.1, 0.15) is 33.6 Å². The Morgan fingerprint density at radius 2 is 1.94 bits per heavy atom. The van der Waals surface area contributed by atoms with Crippen LogP contribution in [0, 0.1) is 0 Å². The van der Waals surface area contributed by atoms with Crippen LogP contribution >= 0.6 is 11.6 Å². The van der Waals surface area contributed by atoms with Crippen molar-refractivity contribution in [3.8, 4) is 0 Å². The summed E-state index contributed by atoms with van der Waals surface area (Å²) in [5, 5.41) is 9.43. The van der Waals surface area contributed by atoms with Crippen LogP contribution < -0.4 is 0 Å². The summed E-state index contributed by atoms with van der Waals surface area (Å²) >= 11 is 5.87. The van der Waals surface area contributed by atoms with E-state index in [1.54, 1.807) is 4.90 Å². The van der Waals surface area contributed by atoms with Crippen molar-refractivity contribution in [2.45, 2.75) is 39.2 Å². The van der Waals surface area contributed by atoms with Gasteiger partial charge in [-0.3, -0.25) is 0 Å². The minimum absolute atomic E-state index is 0.122. The van der Waals surface area contributed by atoms with E-state index >= 15 is 0 Å². The van der Waals surface area contributed by atoms with E-state index in [1.165, 1.54) is 0 Å². The van der Waals surface area contributed by atoms with Crippen molar-refractivity contribution >= 4 is 17.7 Å². The first-order valence-electron chi connectivity index (χ1n) is 5.78. The smallest absolute Gasteiger partial charge is 0.410 e. The van der Waals surface area contributed by atoms with Gasteiger partial charge in [0.2, 0.25) is 0 Å². The molecule has 4 nitrogen and oxygen atoms in total. The van der Waals surface area contributed by atoms with E-state index in [0.717, 1.165) is 5.57 Å². The number of aliphatic hydroxyl groups is 1. The van der Waals surface area contributed by atoms with Gasteiger partial charge in [-0.2, -0.15) is 0 Å². The van der Waals surface area contributed by atoms with Crippen molar-refractivity contribution in [1.82, 2.24) is 4.90 Å². The standard InChI is InChI=1S/C12H20ClNO3/c1-12(2,3)17-11(16)14-6-4-9(5-7-14)10(13)8-15/h15H,4-8H2,1-3H3. The highest BCUT2D eigenvalue weighted by Gasteiger charge is 2.25. The lowest BCUT2D eigenvalue weighted by Crippen LogP contribution is -2.40. The van der Waals surface area contributed by atoms with Crippen LogP contribution in [0.25, 0.3) is 0 Å². The molecule has 0 spiro atoms. The van der Waals surface area contributed by atoms with Crippen LogP contribution in [0.3, 0.4) is 0 Å². The second-order valence-corrected chi connectivity index (χ2v) is 5.59. The Morgan fingerprint density at radius 3 is 2.35 bits per heavy atom. The van der Waals surface area contributed by atoms with Gasteiger partial charge in [0.05, 0.1) is 6.61 Å². The van der Waals surface area contributed by atoms with Gasteiger partial charge < -0.3 is 14.7 Å². The van der Waals surface area contributed by atoms with Gasteiger partial charge in [0.25, 0.3) is 0 Å². The Bertz CT molecular complexity index is 310. The van der Waals surface area contributed by atoms with Gasteiger partial charge >= 0.3 is 6.09 Å². The molecule has 1 aliphatic heterocycles. The number of rotatable bonds is 1. The fourth-order valence-electron chi connectivity index (χ4n) is 1.67. The highest BCUT2D eigenvalue weighted by atomic mass is 35.5. The summed E-state index contributed by atoms with van der Waals surface area (Å²) in [4.78, 5) is 13.4. The summed E-state index contributed by atoms with van der Waals surface area (Å²) in [7, 11) is 0. The minimum Gasteiger partial charge on any atom is -0.444 e. The Morgan fingerprint density at radius 1 is 1.41 bits per heavy atom. The number of carbonyl (C=O) groups excluding carboxylic acids is 1. The van der Waals surface area contributed by atoms with Crippen LogP contribution in [0.2, 0.25) is 0 Å². The Labute approximate surface area is 107 Å². The molecule has 0 unspecified atom stereocenters. The third-order valence-electron chi connectivity index (χ3n) is 2.54. The van der Waals surface area contributed by atoms with Gasteiger partial charge in [-0.25, -0.2) is 4.79 Å². The van der Waals surface area contributed by atoms with E-state index in [1.807, 2.05) is 20.8 Å². The summed E-state index contributed by atoms with van der Waals surface area (Å²) in [5.41, 5.74) is 0.574. The highest BCUT2D eigenvalue weighted by Crippen LogP contribution is 2.23. The molecule has 0 saturated carbocycles. The number of carbonyl (C=O) groups is 1. The van der Waals surface area contributed by atoms with Crippen molar-refractivity contribution in [1.29, 1.82) is 0 Å². The lowest BCUT2D eigenvalue weighted by atomic mass is 10.0. The molecule has 1 amide bonds. The zero-order valence-corrected chi connectivity index (χ0v) is 11.4. The first-order valence-corrected chi connectivity index (χ1v) is 6.16. The molecule has 0 aromatic rings. The summed E-state index contributed by atoms with van der Waals surface area (Å²) < 4.78 is 5.29. The third-order valence-corrected chi connectivity index (χ3v) is 2.93. The molecule has 0 bridgehead atoms. The number of nitrogens with zero attached hydrogens (tertiary/aromatic N) is 1. The quantitative estimate of drug-likeness (QED) is 0.789. The van der Waals surface area contributed by atoms with E-state index in [9.17, 15) is 4.79 Å². The monoisotopic (exact) mass is 261 g/mol. The Kier molecular flexibility index (Phi) is 4.83. The molecule has 5 heteroatoms. The molecule has 0 aliphatic carbocycles. The number of halogens is 1. The zero-order chi connectivity index (χ0) is 13.1. The number of ether oxygens (including phenoxy) is 1. The lowest BCUT2D eigenvalue weighted by molar-refractivity contribution is 0.0236. The predicted molar refractivity (Wildman–Crippen MR) is 67.0 cm³/mol. The van der Waals surface area contributed by atoms with E-state index in [-0.39, 0.29) is 12.7 Å². The number of likely N-dealkylation sites (tertiary alicyclic amines) is 1. The molecule has 0 radical (unpaired) electrons. The van der Waals surface area contributed by atoms with Gasteiger partial charge in [0.1, 0.15) is 5.60 Å². The largest absolute Gasteiger partial charge is 0.444 e. The van der Waals surface area contributed by atoms with Gasteiger partial charge in [0, 0.05) is 18.1 Å². The molecule has 0 atom stereocenters. The molecule has 17 heavy (non-hydrogen) atoms. The summed E-state index contributed by atoms with van der Waals surface area (Å²) in [6.45, 7) is 6.62. The van der Waals surface area contributed by atoms with E-state index in [0.29, 0.717) is 31.0 Å². The van der Waals surface area contributed by atoms with Crippen molar-refractivity contribution in [2.75, 3.05) is 19.7 Å². The summed E-state index contributed by atoms with van der Waals surface area (Å²) in [6, 6.07) is 0. The minimum atomic E-state index is -0.462. The third kappa shape index (κ3) is 4.56. The van der Waals surface area contributed by atoms with E-state index < -0.39 is 5.60 Å². The van der Waals surface area contributed by atoms with Gasteiger partial charge in [-0.1, -0.05) is 11.6 Å². The highest BCUT2D eigenvalue weighted by molar-refractivity contribution is 6.30. The van der Waals surface area contributed by atoms with Crippen molar-refractivity contribution < 1.29 is 14.6 Å². The molecule has 1 saturated heterocycles. The first kappa shape index (κ1) is 14.3. The first-order chi connectivity index (χ1) is 7.83. The second-order valence-electron chi connectivity index (χ2n) is 5.13. The molecule has 0 aromatic carbocycles. The van der Waals surface area contributed by atoms with Crippen LogP contribution in [-0.2, 0) is 4.74 Å². The Hall–Kier alpha value is -0.740. The van der Waals surface area contributed by atoms with Crippen LogP contribution in [0.15, 0.2) is 10.6 Å². The predicted octanol–water partition coefficient (Wildman–Crippen LogP) is 2.50. The average Bonchev–Trinajstić information content (AvgIpc) is 2.26. The molecule has 1 aliphatic rings. The summed E-state index contributed by atoms with van der Waals surface area (Å²) in [6.07, 6.45) is 1.13. The molecule has 98 valence electrons. The molecule has 0 aromatic heterocycles. The maximum Gasteiger partial charge on any atom is 0.410 e. The maximum absolute atomic E-state index is 11.8. The van der Waals surface area contributed by atoms with Gasteiger partial charge in [0.15, 0.2) is 0 Å². The number of piperidine rings is 1. The van der Waals surface area contributed by atoms with Crippen LogP contribution in [0.4, 0.5) is 4.79 Å². The number of hydrogen-bond acceptors (Lipinski definition) is 3. The molecule has 1 fully saturated rings. The number of aliphatic hydroxyl groups excluding tert-OH is 1. The molecule has 1 rings (SSSR count). The maximum atomic E-state index is 11.8. The molecule has 1 heterocycles. The molecule has 1 N–H and O–H groups in total. The molecular formula is C12H20ClNO3. The van der Waals surface area contributed by atoms with Gasteiger partial charge in [-0.05, 0) is 39.2 Å². The molecular weight excluding hydrogens is 242 g/mol. The number of amides is 1. The van der Waals surface area contributed by atoms with Crippen molar-refractivity contribution in [3.05, 3.63) is 10.6 Å². The fourth-order valence-corrected chi connectivity index (χ4v) is 1.86. The fraction of sp³-hybridized carbons (Fsp3) is 0.750. The zero-order valence-electron chi connectivity index (χ0n) is 10.6. The lowest BCUT2D eigenvalue weighted by Gasteiger charge is -2.31. The average molecular weight is 262 g/mol. The van der Waals surface area contributed by atoms with Crippen molar-refractivity contribution in [3.63, 3.8) is 0 Å². The van der Waals surface area contributed by atoms with Crippen molar-refractivity contribution in [2.24, 2.45) is 0 Å². The Balaban J connectivity index is 2.50. The normalized spacial score (nSPS) is 17.0. The van der Waals surface area contributed by atoms with Crippen LogP contribution in [-0.4, -0.2) is 41.4 Å². The van der Waals surface area contributed by atoms with E-state index in [4.69, 9.17) is 21.4 Å². The van der Waals surface area contributed by atoms with E-state index in [2.05, 4.69) is 0 Å².